The third-order valence-electron chi connectivity index (χ3n) is 14.3. The predicted molar refractivity (Wildman–Crippen MR) is 269 cm³/mol. The fourth-order valence-electron chi connectivity index (χ4n) is 8.24. The molecule has 432 valence electrons. The summed E-state index contributed by atoms with van der Waals surface area (Å²) < 4.78 is 231. The van der Waals surface area contributed by atoms with Crippen LogP contribution >= 0.6 is 0 Å². The van der Waals surface area contributed by atoms with Crippen LogP contribution in [0.1, 0.15) is 166 Å². The van der Waals surface area contributed by atoms with E-state index in [1.807, 2.05) is 26.8 Å². The Bertz CT molecular complexity index is 1870. The van der Waals surface area contributed by atoms with Gasteiger partial charge in [-0.1, -0.05) is 144 Å². The van der Waals surface area contributed by atoms with Crippen molar-refractivity contribution >= 4 is 24.7 Å². The minimum atomic E-state index is -6.97. The number of halogens is 16. The number of alkyl halides is 16. The molecule has 74 heavy (non-hydrogen) atoms. The highest BCUT2D eigenvalue weighted by Crippen LogP contribution is 2.55. The van der Waals surface area contributed by atoms with Crippen LogP contribution in [0.5, 0.6) is 0 Å². The van der Waals surface area contributed by atoms with Crippen molar-refractivity contribution in [3.05, 3.63) is 12.2 Å². The van der Waals surface area contributed by atoms with Crippen molar-refractivity contribution in [3.8, 4) is 35.1 Å². The molecule has 0 fully saturated rings. The summed E-state index contributed by atoms with van der Waals surface area (Å²) in [5.74, 6) is -15.6. The van der Waals surface area contributed by atoms with Crippen molar-refractivity contribution in [2.45, 2.75) is 273 Å². The second-order valence-corrected chi connectivity index (χ2v) is 37.0. The Morgan fingerprint density at radius 1 is 0.486 bits per heavy atom. The van der Waals surface area contributed by atoms with E-state index in [1.165, 1.54) is 0 Å². The number of allylic oxidation sites excluding steroid dienone is 1. The van der Waals surface area contributed by atoms with Crippen molar-refractivity contribution in [2.24, 2.45) is 0 Å². The van der Waals surface area contributed by atoms with Crippen LogP contribution in [0.3, 0.4) is 0 Å². The second-order valence-electron chi connectivity index (χ2n) is 22.1. The summed E-state index contributed by atoms with van der Waals surface area (Å²) in [6, 6.07) is -0.387. The van der Waals surface area contributed by atoms with E-state index < -0.39 is 105 Å². The molecule has 0 aliphatic carbocycles. The maximum absolute atomic E-state index is 14.7. The van der Waals surface area contributed by atoms with Gasteiger partial charge in [-0.25, -0.2) is 0 Å². The van der Waals surface area contributed by atoms with Gasteiger partial charge in [-0.3, -0.25) is 0 Å². The molecule has 0 aromatic heterocycles. The number of aliphatic hydroxyl groups excluding tert-OH is 1. The van der Waals surface area contributed by atoms with Gasteiger partial charge in [0.15, 0.2) is 14.4 Å². The second kappa shape index (κ2) is 29.2. The first-order valence-electron chi connectivity index (χ1n) is 25.6. The molecule has 22 heteroatoms. The van der Waals surface area contributed by atoms with E-state index in [0.717, 1.165) is 12.8 Å². The van der Waals surface area contributed by atoms with E-state index in [0.29, 0.717) is 51.4 Å². The van der Waals surface area contributed by atoms with E-state index in [4.69, 9.17) is 14.0 Å². The molecule has 0 aliphatic heterocycles. The molecular formula is C52H82F16O3Si3. The van der Waals surface area contributed by atoms with Crippen molar-refractivity contribution in [3.63, 3.8) is 0 Å². The third-order valence-corrected chi connectivity index (χ3v) is 30.3. The number of rotatable bonds is 30. The van der Waals surface area contributed by atoms with E-state index in [1.54, 1.807) is 61.5 Å². The van der Waals surface area contributed by atoms with Crippen molar-refractivity contribution in [1.82, 2.24) is 0 Å². The molecule has 0 radical (unpaired) electrons. The van der Waals surface area contributed by atoms with Gasteiger partial charge in [0.1, 0.15) is 14.2 Å². The van der Waals surface area contributed by atoms with Gasteiger partial charge in [0.2, 0.25) is 8.32 Å². The number of hydrogen-bond donors (Lipinski definition) is 1. The minimum absolute atomic E-state index is 0.0150. The smallest absolute Gasteiger partial charge is 0.399 e. The van der Waals surface area contributed by atoms with E-state index >= 15 is 0 Å². The van der Waals surface area contributed by atoms with Gasteiger partial charge in [0.25, 0.3) is 0 Å². The standard InChI is InChI=1S/C52H82F16O3Si3/c1-39(2)73(40(3)4,37-28-34-47(55,56)49(59,60)51(63,64)65)70-43(30-24-21-18-22-26-35-69)29-23-19-16-14-15-17-20-25-31-44(32-38-72(12,13)45(9,10)11)71-74(41(5)6,42(7)8)36-27-33-46(53,54)48(57,58)50(61,62)52(66,67)68/h25,31,39-44,69H,14-22,26-28,33-37H2,1-13H3/b31-25+/t43-,44+/m0/s1. The molecule has 2 atom stereocenters. The summed E-state index contributed by atoms with van der Waals surface area (Å²) in [5, 5.41) is 8.93. The van der Waals surface area contributed by atoms with Gasteiger partial charge in [-0.2, -0.15) is 70.2 Å². The van der Waals surface area contributed by atoms with Crippen LogP contribution in [0.4, 0.5) is 70.2 Å². The molecule has 0 aromatic carbocycles. The fourth-order valence-corrected chi connectivity index (χ4v) is 18.0. The van der Waals surface area contributed by atoms with Gasteiger partial charge >= 0.3 is 42.0 Å². The molecule has 1 N–H and O–H groups in total. The van der Waals surface area contributed by atoms with Crippen LogP contribution in [0.25, 0.3) is 0 Å². The summed E-state index contributed by atoms with van der Waals surface area (Å²) >= 11 is 0. The first-order chi connectivity index (χ1) is 33.4. The number of aliphatic hydroxyl groups is 1. The lowest BCUT2D eigenvalue weighted by Crippen LogP contribution is -2.60. The first-order valence-corrected chi connectivity index (χ1v) is 33.1. The summed E-state index contributed by atoms with van der Waals surface area (Å²) in [7, 11) is -8.78. The van der Waals surface area contributed by atoms with Crippen LogP contribution in [0, 0.1) is 35.1 Å². The van der Waals surface area contributed by atoms with E-state index in [9.17, 15) is 70.2 Å². The summed E-state index contributed by atoms with van der Waals surface area (Å²) in [6.45, 7) is 24.4. The molecule has 0 bridgehead atoms. The summed E-state index contributed by atoms with van der Waals surface area (Å²) in [5.41, 5.74) is 2.15. The lowest BCUT2D eigenvalue weighted by Gasteiger charge is -2.41. The van der Waals surface area contributed by atoms with Crippen LogP contribution < -0.4 is 0 Å². The monoisotopic (exact) mass is 1140 g/mol. The Labute approximate surface area is 434 Å². The Balaban J connectivity index is 6.32. The maximum atomic E-state index is 14.7. The molecule has 0 heterocycles. The maximum Gasteiger partial charge on any atom is 0.460 e. The van der Waals surface area contributed by atoms with Crippen LogP contribution in [-0.4, -0.2) is 90.6 Å². The van der Waals surface area contributed by atoms with Gasteiger partial charge in [0, 0.05) is 32.3 Å². The summed E-state index contributed by atoms with van der Waals surface area (Å²) in [6.07, 6.45) is -10.5. The third kappa shape index (κ3) is 19.9. The lowest BCUT2D eigenvalue weighted by molar-refractivity contribution is -0.396. The highest BCUT2D eigenvalue weighted by molar-refractivity contribution is 6.87. The van der Waals surface area contributed by atoms with Crippen LogP contribution in [-0.2, 0) is 8.85 Å². The number of hydrogen-bond acceptors (Lipinski definition) is 3. The zero-order chi connectivity index (χ0) is 58.1. The van der Waals surface area contributed by atoms with E-state index in [2.05, 4.69) is 48.2 Å². The minimum Gasteiger partial charge on any atom is -0.399 e. The highest BCUT2D eigenvalue weighted by Gasteiger charge is 2.81. The Hall–Kier alpha value is -2.17. The van der Waals surface area contributed by atoms with Crippen molar-refractivity contribution in [2.75, 3.05) is 6.61 Å². The molecule has 0 saturated carbocycles. The molecule has 0 aliphatic rings. The molecular weight excluding hydrogens is 1060 g/mol. The largest absolute Gasteiger partial charge is 0.460 e. The Morgan fingerprint density at radius 3 is 1.27 bits per heavy atom. The predicted octanol–water partition coefficient (Wildman–Crippen LogP) is 18.7. The molecule has 0 rings (SSSR count). The molecule has 3 nitrogen and oxygen atoms in total. The van der Waals surface area contributed by atoms with Gasteiger partial charge < -0.3 is 14.0 Å². The number of unbranched alkanes of at least 4 members (excludes halogenated alkanes) is 8. The molecule has 0 aromatic rings. The van der Waals surface area contributed by atoms with Crippen LogP contribution in [0.2, 0.25) is 52.4 Å². The Kier molecular flexibility index (Phi) is 28.3. The lowest BCUT2D eigenvalue weighted by atomic mass is 10.00. The molecule has 0 amide bonds. The zero-order valence-corrected chi connectivity index (χ0v) is 48.5. The fraction of sp³-hybridized carbons (Fsp3) is 0.846. The molecule has 0 saturated heterocycles. The molecule has 0 unspecified atom stereocenters. The summed E-state index contributed by atoms with van der Waals surface area (Å²) in [4.78, 5) is 0. The van der Waals surface area contributed by atoms with E-state index in [-0.39, 0.29) is 45.9 Å². The molecule has 0 spiro atoms. The van der Waals surface area contributed by atoms with Crippen molar-refractivity contribution < 1.29 is 84.2 Å². The quantitative estimate of drug-likeness (QED) is 0.0256. The highest BCUT2D eigenvalue weighted by atomic mass is 28.4. The topological polar surface area (TPSA) is 38.7 Å². The zero-order valence-electron chi connectivity index (χ0n) is 45.5. The normalized spacial score (nSPS) is 15.1. The van der Waals surface area contributed by atoms with Crippen molar-refractivity contribution in [1.29, 1.82) is 0 Å². The SMILES string of the molecule is CC(C)[Si](CCCC(F)(F)C(F)(F)C(F)(F)F)(O[C@H](C#CCCCCCO)C#CCCCCCC/C=C/[C@H](C#C[Si](C)(C)C(C)(C)C)O[Si](CCCC(F)(F)C(F)(F)C(F)(F)C(F)(F)F)(C(C)C)C(C)C)C(C)C. The van der Waals surface area contributed by atoms with Gasteiger partial charge in [-0.15, -0.1) is 5.54 Å². The average Bonchev–Trinajstić information content (AvgIpc) is 3.24. The van der Waals surface area contributed by atoms with Crippen LogP contribution in [0.15, 0.2) is 12.2 Å². The van der Waals surface area contributed by atoms with Gasteiger partial charge in [0.05, 0.1) is 0 Å². The first kappa shape index (κ1) is 71.8. The average molecular weight is 1140 g/mol. The van der Waals surface area contributed by atoms with Gasteiger partial charge in [-0.05, 0) is 90.3 Å². The Morgan fingerprint density at radius 2 is 0.878 bits per heavy atom.